The molecule has 108 valence electrons. The molecular weight excluding hydrogens is 308 g/mol. The fraction of sp³-hybridized carbons (Fsp3) is 0.133. The van der Waals surface area contributed by atoms with Crippen molar-refractivity contribution in [3.63, 3.8) is 0 Å². The summed E-state index contributed by atoms with van der Waals surface area (Å²) < 4.78 is 17.9. The second-order valence-electron chi connectivity index (χ2n) is 4.79. The van der Waals surface area contributed by atoms with Gasteiger partial charge < -0.3 is 10.2 Å². The first-order valence-corrected chi connectivity index (χ1v) is 8.02. The highest BCUT2D eigenvalue weighted by Crippen LogP contribution is 2.24. The standard InChI is InChI=1S/C15H13ClN2O2S/c1-9-2-3-10(12(16)6-9)8-21(19)15-18-13-5-4-11(17)7-14(13)20-15/h2-7H,8,17H2,1H3. The molecule has 0 aliphatic carbocycles. The summed E-state index contributed by atoms with van der Waals surface area (Å²) in [7, 11) is -1.39. The molecule has 21 heavy (non-hydrogen) atoms. The van der Waals surface area contributed by atoms with E-state index in [2.05, 4.69) is 4.98 Å². The Morgan fingerprint density at radius 3 is 2.86 bits per heavy atom. The van der Waals surface area contributed by atoms with Crippen molar-refractivity contribution in [2.24, 2.45) is 0 Å². The zero-order valence-corrected chi connectivity index (χ0v) is 12.9. The molecular formula is C15H13ClN2O2S. The smallest absolute Gasteiger partial charge is 0.288 e. The molecule has 2 aromatic carbocycles. The van der Waals surface area contributed by atoms with Crippen molar-refractivity contribution in [1.29, 1.82) is 0 Å². The molecule has 0 saturated carbocycles. The molecule has 1 aromatic heterocycles. The van der Waals surface area contributed by atoms with Crippen LogP contribution in [0.4, 0.5) is 5.69 Å². The summed E-state index contributed by atoms with van der Waals surface area (Å²) >= 11 is 6.16. The van der Waals surface area contributed by atoms with Crippen LogP contribution in [0.25, 0.3) is 11.1 Å². The number of halogens is 1. The zero-order chi connectivity index (χ0) is 15.0. The number of aryl methyl sites for hydroxylation is 1. The monoisotopic (exact) mass is 320 g/mol. The van der Waals surface area contributed by atoms with Crippen LogP contribution in [-0.2, 0) is 16.6 Å². The van der Waals surface area contributed by atoms with Gasteiger partial charge in [0, 0.05) is 16.8 Å². The SMILES string of the molecule is Cc1ccc(CS(=O)c2nc3ccc(N)cc3o2)c(Cl)c1. The maximum absolute atomic E-state index is 12.4. The van der Waals surface area contributed by atoms with Gasteiger partial charge in [-0.3, -0.25) is 0 Å². The number of anilines is 1. The van der Waals surface area contributed by atoms with Crippen molar-refractivity contribution in [3.8, 4) is 0 Å². The lowest BCUT2D eigenvalue weighted by Crippen LogP contribution is -1.97. The molecule has 0 radical (unpaired) electrons. The normalized spacial score (nSPS) is 12.7. The molecule has 3 aromatic rings. The zero-order valence-electron chi connectivity index (χ0n) is 11.3. The molecule has 0 aliphatic rings. The van der Waals surface area contributed by atoms with Crippen LogP contribution in [0, 0.1) is 6.92 Å². The Morgan fingerprint density at radius 2 is 2.10 bits per heavy atom. The third kappa shape index (κ3) is 2.94. The van der Waals surface area contributed by atoms with E-state index in [1.807, 2.05) is 25.1 Å². The molecule has 0 saturated heterocycles. The van der Waals surface area contributed by atoms with Crippen molar-refractivity contribution in [3.05, 3.63) is 52.5 Å². The highest BCUT2D eigenvalue weighted by atomic mass is 35.5. The van der Waals surface area contributed by atoms with Gasteiger partial charge in [0.2, 0.25) is 0 Å². The summed E-state index contributed by atoms with van der Waals surface area (Å²) in [6, 6.07) is 10.8. The molecule has 2 N–H and O–H groups in total. The molecule has 0 aliphatic heterocycles. The molecule has 1 unspecified atom stereocenters. The topological polar surface area (TPSA) is 69.1 Å². The quantitative estimate of drug-likeness (QED) is 0.747. The van der Waals surface area contributed by atoms with Crippen LogP contribution in [0.1, 0.15) is 11.1 Å². The maximum atomic E-state index is 12.4. The third-order valence-corrected chi connectivity index (χ3v) is 4.57. The number of nitrogens with zero attached hydrogens (tertiary/aromatic N) is 1. The Kier molecular flexibility index (Phi) is 3.69. The van der Waals surface area contributed by atoms with Gasteiger partial charge in [0.25, 0.3) is 5.22 Å². The predicted molar refractivity (Wildman–Crippen MR) is 84.7 cm³/mol. The molecule has 0 spiro atoms. The third-order valence-electron chi connectivity index (χ3n) is 3.08. The van der Waals surface area contributed by atoms with Crippen LogP contribution in [0.3, 0.4) is 0 Å². The average Bonchev–Trinajstić information content (AvgIpc) is 2.85. The first-order valence-electron chi connectivity index (χ1n) is 6.32. The number of oxazole rings is 1. The van der Waals surface area contributed by atoms with E-state index in [0.717, 1.165) is 11.1 Å². The van der Waals surface area contributed by atoms with Crippen molar-refractivity contribution in [1.82, 2.24) is 4.98 Å². The summed E-state index contributed by atoms with van der Waals surface area (Å²) in [4.78, 5) is 4.23. The van der Waals surface area contributed by atoms with Gasteiger partial charge in [-0.25, -0.2) is 9.19 Å². The number of rotatable bonds is 3. The van der Waals surface area contributed by atoms with Gasteiger partial charge in [0.15, 0.2) is 5.58 Å². The first kappa shape index (κ1) is 14.1. The van der Waals surface area contributed by atoms with Gasteiger partial charge in [0.05, 0.1) is 5.75 Å². The van der Waals surface area contributed by atoms with Gasteiger partial charge >= 0.3 is 0 Å². The van der Waals surface area contributed by atoms with Crippen molar-refractivity contribution >= 4 is 39.2 Å². The number of fused-ring (bicyclic) bond motifs is 1. The summed E-state index contributed by atoms with van der Waals surface area (Å²) in [6.07, 6.45) is 0. The van der Waals surface area contributed by atoms with E-state index in [1.165, 1.54) is 0 Å². The first-order chi connectivity index (χ1) is 10.0. The maximum Gasteiger partial charge on any atom is 0.288 e. The number of nitrogen functional groups attached to an aromatic ring is 1. The molecule has 1 atom stereocenters. The van der Waals surface area contributed by atoms with E-state index < -0.39 is 10.8 Å². The highest BCUT2D eigenvalue weighted by Gasteiger charge is 2.15. The van der Waals surface area contributed by atoms with Crippen LogP contribution in [0.2, 0.25) is 5.02 Å². The van der Waals surface area contributed by atoms with Crippen LogP contribution < -0.4 is 5.73 Å². The van der Waals surface area contributed by atoms with Crippen molar-refractivity contribution in [2.45, 2.75) is 17.9 Å². The highest BCUT2D eigenvalue weighted by molar-refractivity contribution is 7.84. The van der Waals surface area contributed by atoms with E-state index in [-0.39, 0.29) is 11.0 Å². The van der Waals surface area contributed by atoms with Crippen molar-refractivity contribution in [2.75, 3.05) is 5.73 Å². The fourth-order valence-corrected chi connectivity index (χ4v) is 3.41. The number of hydrogen-bond acceptors (Lipinski definition) is 4. The Morgan fingerprint density at radius 1 is 1.29 bits per heavy atom. The lowest BCUT2D eigenvalue weighted by atomic mass is 10.2. The van der Waals surface area contributed by atoms with E-state index in [0.29, 0.717) is 21.8 Å². The molecule has 0 amide bonds. The lowest BCUT2D eigenvalue weighted by molar-refractivity contribution is 0.477. The molecule has 4 nitrogen and oxygen atoms in total. The Balaban J connectivity index is 1.89. The van der Waals surface area contributed by atoms with Crippen molar-refractivity contribution < 1.29 is 8.63 Å². The largest absolute Gasteiger partial charge is 0.430 e. The van der Waals surface area contributed by atoms with E-state index in [9.17, 15) is 4.21 Å². The summed E-state index contributed by atoms with van der Waals surface area (Å²) in [6.45, 7) is 1.96. The average molecular weight is 321 g/mol. The summed E-state index contributed by atoms with van der Waals surface area (Å²) in [5.74, 6) is 0.265. The number of hydrogen-bond donors (Lipinski definition) is 1. The summed E-state index contributed by atoms with van der Waals surface area (Å²) in [5.41, 5.74) is 9.31. The molecule has 0 fully saturated rings. The minimum Gasteiger partial charge on any atom is -0.430 e. The fourth-order valence-electron chi connectivity index (χ4n) is 1.99. The summed E-state index contributed by atoms with van der Waals surface area (Å²) in [5, 5.41) is 0.788. The number of aromatic nitrogens is 1. The predicted octanol–water partition coefficient (Wildman–Crippen LogP) is 3.68. The molecule has 6 heteroatoms. The lowest BCUT2D eigenvalue weighted by Gasteiger charge is -2.03. The van der Waals surface area contributed by atoms with Crippen LogP contribution in [0.15, 0.2) is 46.0 Å². The van der Waals surface area contributed by atoms with Gasteiger partial charge in [-0.1, -0.05) is 23.7 Å². The van der Waals surface area contributed by atoms with Crippen LogP contribution in [-0.4, -0.2) is 9.19 Å². The van der Waals surface area contributed by atoms with Crippen LogP contribution in [0.5, 0.6) is 0 Å². The minimum atomic E-state index is -1.39. The van der Waals surface area contributed by atoms with Gasteiger partial charge in [-0.2, -0.15) is 0 Å². The molecule has 3 rings (SSSR count). The Labute approximate surface area is 129 Å². The minimum absolute atomic E-state index is 0.187. The van der Waals surface area contributed by atoms with Gasteiger partial charge in [-0.05, 0) is 36.2 Å². The number of benzene rings is 2. The van der Waals surface area contributed by atoms with Gasteiger partial charge in [-0.15, -0.1) is 0 Å². The van der Waals surface area contributed by atoms with Gasteiger partial charge in [0.1, 0.15) is 16.3 Å². The van der Waals surface area contributed by atoms with E-state index in [4.69, 9.17) is 21.8 Å². The Bertz CT molecular complexity index is 845. The number of nitrogens with two attached hydrogens (primary N) is 1. The second-order valence-corrected chi connectivity index (χ2v) is 6.53. The van der Waals surface area contributed by atoms with E-state index in [1.54, 1.807) is 18.2 Å². The van der Waals surface area contributed by atoms with Crippen LogP contribution >= 0.6 is 11.6 Å². The molecule has 0 bridgehead atoms. The second kappa shape index (κ2) is 5.50. The Hall–Kier alpha value is -1.85. The van der Waals surface area contributed by atoms with E-state index >= 15 is 0 Å². The molecule has 1 heterocycles.